The predicted molar refractivity (Wildman–Crippen MR) is 59.0 cm³/mol. The summed E-state index contributed by atoms with van der Waals surface area (Å²) in [5, 5.41) is 0.807. The quantitative estimate of drug-likeness (QED) is 0.792. The first kappa shape index (κ1) is 10.7. The van der Waals surface area contributed by atoms with Gasteiger partial charge in [0.15, 0.2) is 0 Å². The summed E-state index contributed by atoms with van der Waals surface area (Å²) in [6.45, 7) is 3.75. The summed E-state index contributed by atoms with van der Waals surface area (Å²) in [5.41, 5.74) is 1.51. The van der Waals surface area contributed by atoms with Crippen molar-refractivity contribution in [1.29, 1.82) is 0 Å². The van der Waals surface area contributed by atoms with Gasteiger partial charge in [0, 0.05) is 10.9 Å². The van der Waals surface area contributed by atoms with Crippen molar-refractivity contribution in [3.05, 3.63) is 35.3 Å². The van der Waals surface area contributed by atoms with Crippen LogP contribution in [-0.2, 0) is 4.74 Å². The lowest BCUT2D eigenvalue weighted by Gasteiger charge is -1.96. The van der Waals surface area contributed by atoms with Crippen molar-refractivity contribution in [2.75, 3.05) is 6.61 Å². The highest BCUT2D eigenvalue weighted by Crippen LogP contribution is 2.20. The number of nitrogens with one attached hydrogen (secondary N) is 1. The van der Waals surface area contributed by atoms with Crippen molar-refractivity contribution in [1.82, 2.24) is 4.98 Å². The summed E-state index contributed by atoms with van der Waals surface area (Å²) in [6, 6.07) is 4.75. The number of esters is 1. The Morgan fingerprint density at radius 1 is 1.44 bits per heavy atom. The first-order chi connectivity index (χ1) is 7.61. The van der Waals surface area contributed by atoms with E-state index >= 15 is 0 Å². The fourth-order valence-electron chi connectivity index (χ4n) is 1.59. The second kappa shape index (κ2) is 3.96. The van der Waals surface area contributed by atoms with Crippen molar-refractivity contribution in [2.24, 2.45) is 0 Å². The van der Waals surface area contributed by atoms with E-state index in [1.165, 1.54) is 6.07 Å². The Hall–Kier alpha value is -1.84. The lowest BCUT2D eigenvalue weighted by atomic mass is 10.1. The highest BCUT2D eigenvalue weighted by Gasteiger charge is 2.11. The van der Waals surface area contributed by atoms with Crippen molar-refractivity contribution in [3.63, 3.8) is 0 Å². The molecule has 0 aliphatic heterocycles. The molecule has 0 saturated carbocycles. The van der Waals surface area contributed by atoms with Gasteiger partial charge in [-0.15, -0.1) is 0 Å². The first-order valence-electron chi connectivity index (χ1n) is 5.08. The highest BCUT2D eigenvalue weighted by atomic mass is 19.1. The monoisotopic (exact) mass is 221 g/mol. The number of hydrogen-bond donors (Lipinski definition) is 1. The molecule has 0 saturated heterocycles. The molecule has 1 aromatic carbocycles. The van der Waals surface area contributed by atoms with Crippen LogP contribution in [-0.4, -0.2) is 17.6 Å². The van der Waals surface area contributed by atoms with E-state index < -0.39 is 5.97 Å². The molecule has 1 heterocycles. The Bertz CT molecular complexity index is 506. The third-order valence-corrected chi connectivity index (χ3v) is 2.40. The Morgan fingerprint density at radius 3 is 2.88 bits per heavy atom. The van der Waals surface area contributed by atoms with Crippen LogP contribution >= 0.6 is 0 Å². The molecule has 16 heavy (non-hydrogen) atoms. The molecule has 2 rings (SSSR count). The molecule has 0 fully saturated rings. The number of ether oxygens (including phenoxy) is 1. The average molecular weight is 221 g/mol. The number of fused-ring (bicyclic) bond motifs is 1. The van der Waals surface area contributed by atoms with E-state index in [1.54, 1.807) is 26.0 Å². The van der Waals surface area contributed by atoms with Crippen LogP contribution in [0, 0.1) is 12.7 Å². The van der Waals surface area contributed by atoms with Gasteiger partial charge in [-0.1, -0.05) is 0 Å². The Balaban J connectivity index is 2.48. The number of benzene rings is 1. The highest BCUT2D eigenvalue weighted by molar-refractivity contribution is 5.95. The van der Waals surface area contributed by atoms with Crippen molar-refractivity contribution >= 4 is 16.9 Å². The van der Waals surface area contributed by atoms with E-state index in [4.69, 9.17) is 4.74 Å². The maximum absolute atomic E-state index is 13.3. The van der Waals surface area contributed by atoms with Gasteiger partial charge in [0.2, 0.25) is 0 Å². The number of aryl methyl sites for hydroxylation is 1. The standard InChI is InChI=1S/C12H12FNO2/c1-3-16-12(15)11-5-8-4-7(2)9(13)6-10(8)14-11/h4-6,14H,3H2,1-2H3. The van der Waals surface area contributed by atoms with E-state index in [2.05, 4.69) is 4.98 Å². The van der Waals surface area contributed by atoms with Gasteiger partial charge in [-0.05, 0) is 37.6 Å². The van der Waals surface area contributed by atoms with Crippen LogP contribution in [0.25, 0.3) is 10.9 Å². The second-order valence-electron chi connectivity index (χ2n) is 3.59. The van der Waals surface area contributed by atoms with Crippen LogP contribution in [0.4, 0.5) is 4.39 Å². The van der Waals surface area contributed by atoms with Crippen LogP contribution in [0.15, 0.2) is 18.2 Å². The van der Waals surface area contributed by atoms with Gasteiger partial charge in [0.05, 0.1) is 6.61 Å². The van der Waals surface area contributed by atoms with E-state index in [9.17, 15) is 9.18 Å². The molecule has 0 atom stereocenters. The molecule has 3 nitrogen and oxygen atoms in total. The second-order valence-corrected chi connectivity index (χ2v) is 3.59. The van der Waals surface area contributed by atoms with Gasteiger partial charge in [0.25, 0.3) is 0 Å². The third kappa shape index (κ3) is 1.78. The number of aromatic nitrogens is 1. The molecule has 0 unspecified atom stereocenters. The average Bonchev–Trinajstić information content (AvgIpc) is 2.62. The Morgan fingerprint density at radius 2 is 2.19 bits per heavy atom. The van der Waals surface area contributed by atoms with Crippen LogP contribution in [0.2, 0.25) is 0 Å². The zero-order valence-corrected chi connectivity index (χ0v) is 9.13. The summed E-state index contributed by atoms with van der Waals surface area (Å²) in [4.78, 5) is 14.3. The minimum atomic E-state index is -0.420. The van der Waals surface area contributed by atoms with Crippen LogP contribution in [0.5, 0.6) is 0 Å². The molecule has 0 aliphatic carbocycles. The van der Waals surface area contributed by atoms with Crippen LogP contribution in [0.1, 0.15) is 23.0 Å². The van der Waals surface area contributed by atoms with Crippen molar-refractivity contribution < 1.29 is 13.9 Å². The van der Waals surface area contributed by atoms with Crippen molar-refractivity contribution in [2.45, 2.75) is 13.8 Å². The maximum Gasteiger partial charge on any atom is 0.354 e. The number of rotatable bonds is 2. The van der Waals surface area contributed by atoms with Crippen LogP contribution < -0.4 is 0 Å². The molecule has 0 spiro atoms. The largest absolute Gasteiger partial charge is 0.461 e. The summed E-state index contributed by atoms with van der Waals surface area (Å²) in [5.74, 6) is -0.707. The molecule has 0 amide bonds. The fraction of sp³-hybridized carbons (Fsp3) is 0.250. The van der Waals surface area contributed by atoms with Gasteiger partial charge in [-0.3, -0.25) is 0 Å². The third-order valence-electron chi connectivity index (χ3n) is 2.40. The molecule has 4 heteroatoms. The van der Waals surface area contributed by atoms with E-state index in [0.29, 0.717) is 23.4 Å². The number of aromatic amines is 1. The molecule has 0 bridgehead atoms. The number of carbonyl (C=O) groups excluding carboxylic acids is 1. The van der Waals surface area contributed by atoms with Gasteiger partial charge >= 0.3 is 5.97 Å². The fourth-order valence-corrected chi connectivity index (χ4v) is 1.59. The molecular formula is C12H12FNO2. The normalized spacial score (nSPS) is 10.7. The summed E-state index contributed by atoms with van der Waals surface area (Å²) >= 11 is 0. The number of hydrogen-bond acceptors (Lipinski definition) is 2. The molecule has 0 aliphatic rings. The molecule has 0 radical (unpaired) electrons. The van der Waals surface area contributed by atoms with Gasteiger partial charge in [-0.25, -0.2) is 9.18 Å². The molecule has 1 aromatic heterocycles. The maximum atomic E-state index is 13.3. The molecular weight excluding hydrogens is 209 g/mol. The minimum Gasteiger partial charge on any atom is -0.461 e. The van der Waals surface area contributed by atoms with Gasteiger partial charge < -0.3 is 9.72 Å². The summed E-state index contributed by atoms with van der Waals surface area (Å²) < 4.78 is 18.1. The SMILES string of the molecule is CCOC(=O)c1cc2cc(C)c(F)cc2[nH]1. The molecule has 2 aromatic rings. The van der Waals surface area contributed by atoms with E-state index in [1.807, 2.05) is 0 Å². The van der Waals surface area contributed by atoms with E-state index in [0.717, 1.165) is 5.39 Å². The Labute approximate surface area is 92.2 Å². The van der Waals surface area contributed by atoms with Gasteiger partial charge in [0.1, 0.15) is 11.5 Å². The van der Waals surface area contributed by atoms with Crippen molar-refractivity contribution in [3.8, 4) is 0 Å². The number of carbonyl (C=O) groups is 1. The summed E-state index contributed by atoms with van der Waals surface area (Å²) in [7, 11) is 0. The topological polar surface area (TPSA) is 42.1 Å². The van der Waals surface area contributed by atoms with Crippen LogP contribution in [0.3, 0.4) is 0 Å². The Kier molecular flexibility index (Phi) is 2.64. The molecule has 1 N–H and O–H groups in total. The minimum absolute atomic E-state index is 0.287. The first-order valence-corrected chi connectivity index (χ1v) is 5.08. The summed E-state index contributed by atoms with van der Waals surface area (Å²) in [6.07, 6.45) is 0. The predicted octanol–water partition coefficient (Wildman–Crippen LogP) is 2.79. The van der Waals surface area contributed by atoms with E-state index in [-0.39, 0.29) is 5.82 Å². The number of halogens is 1. The zero-order valence-electron chi connectivity index (χ0n) is 9.13. The lowest BCUT2D eigenvalue weighted by molar-refractivity contribution is 0.0520. The molecule has 84 valence electrons. The zero-order chi connectivity index (χ0) is 11.7. The number of H-pyrrole nitrogens is 1. The lowest BCUT2D eigenvalue weighted by Crippen LogP contribution is -2.04. The van der Waals surface area contributed by atoms with Gasteiger partial charge in [-0.2, -0.15) is 0 Å². The smallest absolute Gasteiger partial charge is 0.354 e.